The quantitative estimate of drug-likeness (QED) is 0.333. The van der Waals surface area contributed by atoms with Crippen LogP contribution >= 0.6 is 0 Å². The van der Waals surface area contributed by atoms with Crippen LogP contribution in [0.3, 0.4) is 0 Å². The van der Waals surface area contributed by atoms with Crippen LogP contribution in [0.1, 0.15) is 15.9 Å². The lowest BCUT2D eigenvalue weighted by Crippen LogP contribution is -2.00. The Balaban J connectivity index is 1.81. The monoisotopic (exact) mass is 311 g/mol. The van der Waals surface area contributed by atoms with E-state index in [4.69, 9.17) is 0 Å². The molecular formula is C20H13N3O. The molecule has 2 heterocycles. The Labute approximate surface area is 138 Å². The summed E-state index contributed by atoms with van der Waals surface area (Å²) in [4.78, 5) is 19.0. The maximum Gasteiger partial charge on any atom is 0.205 e. The summed E-state index contributed by atoms with van der Waals surface area (Å²) in [5, 5.41) is 11.3. The number of benzene rings is 2. The topological polar surface area (TPSA) is 72.4 Å². The van der Waals surface area contributed by atoms with Crippen LogP contribution in [0.2, 0.25) is 0 Å². The van der Waals surface area contributed by atoms with Crippen LogP contribution in [-0.4, -0.2) is 15.8 Å². The summed E-state index contributed by atoms with van der Waals surface area (Å²) in [7, 11) is 0. The fourth-order valence-corrected chi connectivity index (χ4v) is 2.92. The lowest BCUT2D eigenvalue weighted by molar-refractivity contribution is 0.104. The summed E-state index contributed by atoms with van der Waals surface area (Å²) >= 11 is 0. The average molecular weight is 311 g/mol. The Kier molecular flexibility index (Phi) is 3.25. The fraction of sp³-hybridized carbons (Fsp3) is 0. The third-order valence-electron chi connectivity index (χ3n) is 4.12. The van der Waals surface area contributed by atoms with Gasteiger partial charge in [-0.2, -0.15) is 5.26 Å². The predicted octanol–water partition coefficient (Wildman–Crippen LogP) is 4.44. The number of rotatable bonds is 3. The molecule has 114 valence electrons. The van der Waals surface area contributed by atoms with Crippen LogP contribution in [0.15, 0.2) is 66.5 Å². The van der Waals surface area contributed by atoms with E-state index in [1.165, 1.54) is 0 Å². The number of para-hydroxylation sites is 2. The number of fused-ring (bicyclic) bond motifs is 2. The minimum atomic E-state index is -0.278. The van der Waals surface area contributed by atoms with Crippen molar-refractivity contribution in [2.75, 3.05) is 0 Å². The van der Waals surface area contributed by atoms with E-state index in [1.807, 2.05) is 60.8 Å². The Morgan fingerprint density at radius 2 is 1.54 bits per heavy atom. The minimum Gasteiger partial charge on any atom is -0.361 e. The summed E-state index contributed by atoms with van der Waals surface area (Å²) in [5.41, 5.74) is 3.31. The van der Waals surface area contributed by atoms with Gasteiger partial charge in [0.1, 0.15) is 11.6 Å². The number of Topliss-reactive ketones (excluding diaryl/α,β-unsaturated/α-hetero) is 1. The second-order valence-electron chi connectivity index (χ2n) is 5.54. The van der Waals surface area contributed by atoms with Crippen molar-refractivity contribution in [2.24, 2.45) is 0 Å². The largest absolute Gasteiger partial charge is 0.361 e. The molecule has 0 radical (unpaired) electrons. The van der Waals surface area contributed by atoms with Crippen molar-refractivity contribution in [1.29, 1.82) is 5.26 Å². The molecule has 4 nitrogen and oxygen atoms in total. The average Bonchev–Trinajstić information content (AvgIpc) is 3.23. The smallest absolute Gasteiger partial charge is 0.205 e. The van der Waals surface area contributed by atoms with E-state index in [0.717, 1.165) is 27.4 Å². The zero-order chi connectivity index (χ0) is 16.5. The Morgan fingerprint density at radius 3 is 2.29 bits per heavy atom. The van der Waals surface area contributed by atoms with Crippen LogP contribution < -0.4 is 0 Å². The van der Waals surface area contributed by atoms with Gasteiger partial charge in [-0.15, -0.1) is 0 Å². The van der Waals surface area contributed by atoms with E-state index < -0.39 is 0 Å². The molecule has 24 heavy (non-hydrogen) atoms. The van der Waals surface area contributed by atoms with Crippen LogP contribution in [0.5, 0.6) is 0 Å². The van der Waals surface area contributed by atoms with Crippen molar-refractivity contribution in [3.63, 3.8) is 0 Å². The second kappa shape index (κ2) is 5.56. The van der Waals surface area contributed by atoms with E-state index in [9.17, 15) is 10.1 Å². The van der Waals surface area contributed by atoms with Gasteiger partial charge in [-0.3, -0.25) is 4.79 Å². The van der Waals surface area contributed by atoms with Gasteiger partial charge < -0.3 is 9.97 Å². The van der Waals surface area contributed by atoms with Crippen molar-refractivity contribution in [1.82, 2.24) is 9.97 Å². The standard InChI is InChI=1S/C20H13N3O/c21-10-13(9-14-11-22-18-7-3-1-5-15(14)18)20(24)17-12-23-19-8-4-2-6-16(17)19/h1-9,11-12,22-23H/b13-9+. The van der Waals surface area contributed by atoms with Gasteiger partial charge in [0.2, 0.25) is 5.78 Å². The van der Waals surface area contributed by atoms with Gasteiger partial charge in [0, 0.05) is 45.3 Å². The molecule has 2 N–H and O–H groups in total. The van der Waals surface area contributed by atoms with Gasteiger partial charge in [-0.05, 0) is 18.2 Å². The number of aromatic amines is 2. The molecule has 0 atom stereocenters. The molecule has 4 aromatic rings. The van der Waals surface area contributed by atoms with Crippen molar-refractivity contribution < 1.29 is 4.79 Å². The lowest BCUT2D eigenvalue weighted by atomic mass is 10.0. The van der Waals surface area contributed by atoms with Crippen molar-refractivity contribution in [3.05, 3.63) is 77.6 Å². The molecule has 0 fully saturated rings. The third kappa shape index (κ3) is 2.20. The summed E-state index contributed by atoms with van der Waals surface area (Å²) in [5.74, 6) is -0.278. The number of aromatic nitrogens is 2. The number of carbonyl (C=O) groups excluding carboxylic acids is 1. The summed E-state index contributed by atoms with van der Waals surface area (Å²) in [6.45, 7) is 0. The van der Waals surface area contributed by atoms with Crippen molar-refractivity contribution in [2.45, 2.75) is 0 Å². The van der Waals surface area contributed by atoms with Gasteiger partial charge in [0.25, 0.3) is 0 Å². The van der Waals surface area contributed by atoms with E-state index in [2.05, 4.69) is 9.97 Å². The number of carbonyl (C=O) groups is 1. The Bertz CT molecular complexity index is 1140. The molecule has 2 aromatic heterocycles. The Morgan fingerprint density at radius 1 is 0.917 bits per heavy atom. The number of hydrogen-bond acceptors (Lipinski definition) is 2. The Hall–Kier alpha value is -3.58. The zero-order valence-corrected chi connectivity index (χ0v) is 12.7. The molecule has 0 unspecified atom stereocenters. The zero-order valence-electron chi connectivity index (χ0n) is 12.7. The number of nitriles is 1. The van der Waals surface area contributed by atoms with Gasteiger partial charge in [0.15, 0.2) is 0 Å². The SMILES string of the molecule is N#C/C(=C\c1c[nH]c2ccccc12)C(=O)c1c[nH]c2ccccc12. The molecule has 0 saturated carbocycles. The highest BCUT2D eigenvalue weighted by Gasteiger charge is 2.17. The highest BCUT2D eigenvalue weighted by molar-refractivity contribution is 6.20. The fourth-order valence-electron chi connectivity index (χ4n) is 2.92. The molecule has 0 saturated heterocycles. The maximum atomic E-state index is 12.8. The van der Waals surface area contributed by atoms with Crippen molar-refractivity contribution in [3.8, 4) is 6.07 Å². The number of allylic oxidation sites excluding steroid dienone is 1. The number of nitrogens with zero attached hydrogens (tertiary/aromatic N) is 1. The molecule has 0 bridgehead atoms. The normalized spacial score (nSPS) is 11.7. The summed E-state index contributed by atoms with van der Waals surface area (Å²) < 4.78 is 0. The van der Waals surface area contributed by atoms with Gasteiger partial charge >= 0.3 is 0 Å². The van der Waals surface area contributed by atoms with Crippen LogP contribution in [0.4, 0.5) is 0 Å². The minimum absolute atomic E-state index is 0.115. The molecule has 0 spiro atoms. The number of hydrogen-bond donors (Lipinski definition) is 2. The first-order chi connectivity index (χ1) is 11.8. The van der Waals surface area contributed by atoms with Gasteiger partial charge in [-0.1, -0.05) is 36.4 Å². The molecule has 4 rings (SSSR count). The highest BCUT2D eigenvalue weighted by Crippen LogP contribution is 2.24. The van der Waals surface area contributed by atoms with Crippen LogP contribution in [0, 0.1) is 11.3 Å². The van der Waals surface area contributed by atoms with Crippen molar-refractivity contribution >= 4 is 33.7 Å². The number of H-pyrrole nitrogens is 2. The van der Waals surface area contributed by atoms with E-state index in [-0.39, 0.29) is 11.4 Å². The van der Waals surface area contributed by atoms with E-state index in [0.29, 0.717) is 5.56 Å². The van der Waals surface area contributed by atoms with Crippen LogP contribution in [-0.2, 0) is 0 Å². The first-order valence-electron chi connectivity index (χ1n) is 7.56. The second-order valence-corrected chi connectivity index (χ2v) is 5.54. The van der Waals surface area contributed by atoms with E-state index in [1.54, 1.807) is 12.3 Å². The highest BCUT2D eigenvalue weighted by atomic mass is 16.1. The molecule has 0 amide bonds. The first-order valence-corrected chi connectivity index (χ1v) is 7.56. The molecule has 0 aliphatic rings. The molecule has 4 heteroatoms. The first kappa shape index (κ1) is 14.0. The number of nitrogens with one attached hydrogen (secondary N) is 2. The summed E-state index contributed by atoms with van der Waals surface area (Å²) in [6.07, 6.45) is 5.11. The number of ketones is 1. The molecule has 2 aromatic carbocycles. The van der Waals surface area contributed by atoms with Crippen LogP contribution in [0.25, 0.3) is 27.9 Å². The third-order valence-corrected chi connectivity index (χ3v) is 4.12. The molecule has 0 aliphatic heterocycles. The van der Waals surface area contributed by atoms with E-state index >= 15 is 0 Å². The van der Waals surface area contributed by atoms with Gasteiger partial charge in [0.05, 0.1) is 0 Å². The summed E-state index contributed by atoms with van der Waals surface area (Å²) in [6, 6.07) is 17.4. The van der Waals surface area contributed by atoms with Gasteiger partial charge in [-0.25, -0.2) is 0 Å². The predicted molar refractivity (Wildman–Crippen MR) is 94.5 cm³/mol. The lowest BCUT2D eigenvalue weighted by Gasteiger charge is -1.98. The molecular weight excluding hydrogens is 298 g/mol. The molecule has 0 aliphatic carbocycles. The maximum absolute atomic E-state index is 12.8.